The van der Waals surface area contributed by atoms with Gasteiger partial charge in [-0.2, -0.15) is 0 Å². The molecule has 1 spiro atoms. The van der Waals surface area contributed by atoms with Crippen LogP contribution in [0.5, 0.6) is 11.5 Å². The molecule has 9 aromatic carbocycles. The lowest BCUT2D eigenvalue weighted by atomic mass is 9.66. The molecule has 0 fully saturated rings. The lowest BCUT2D eigenvalue weighted by Crippen LogP contribution is -2.32. The van der Waals surface area contributed by atoms with Crippen LogP contribution in [0.1, 0.15) is 22.3 Å². The highest BCUT2D eigenvalue weighted by Crippen LogP contribution is 2.63. The average Bonchev–Trinajstić information content (AvgIpc) is 3.85. The largest absolute Gasteiger partial charge is 0.457 e. The van der Waals surface area contributed by atoms with Crippen molar-refractivity contribution in [1.82, 2.24) is 14.5 Å². The maximum Gasteiger partial charge on any atom is 0.235 e. The van der Waals surface area contributed by atoms with E-state index in [1.54, 1.807) is 0 Å². The molecule has 4 nitrogen and oxygen atoms in total. The van der Waals surface area contributed by atoms with Crippen molar-refractivity contribution in [1.29, 1.82) is 0 Å². The summed E-state index contributed by atoms with van der Waals surface area (Å²) >= 11 is 0. The normalized spacial score (nSPS) is 13.0. The number of hydrogen-bond donors (Lipinski definition) is 0. The van der Waals surface area contributed by atoms with Crippen LogP contribution in [0.3, 0.4) is 0 Å². The molecule has 3 heterocycles. The number of ether oxygens (including phenoxy) is 1. The van der Waals surface area contributed by atoms with E-state index in [1.807, 2.05) is 0 Å². The molecule has 2 aliphatic rings. The van der Waals surface area contributed by atoms with Gasteiger partial charge in [0.15, 0.2) is 0 Å². The van der Waals surface area contributed by atoms with Crippen LogP contribution in [0.4, 0.5) is 0 Å². The van der Waals surface area contributed by atoms with Crippen LogP contribution in [0, 0.1) is 0 Å². The van der Waals surface area contributed by atoms with Crippen molar-refractivity contribution in [3.8, 4) is 73.3 Å². The summed E-state index contributed by atoms with van der Waals surface area (Å²) in [6.45, 7) is 0. The number of para-hydroxylation sites is 3. The molecule has 0 N–H and O–H groups in total. The van der Waals surface area contributed by atoms with Gasteiger partial charge in [0.05, 0.1) is 27.8 Å². The van der Waals surface area contributed by atoms with E-state index in [0.717, 1.165) is 89.2 Å². The van der Waals surface area contributed by atoms with Crippen LogP contribution in [-0.4, -0.2) is 14.5 Å². The predicted molar refractivity (Wildman–Crippen MR) is 255 cm³/mol. The molecule has 0 radical (unpaired) electrons. The quantitative estimate of drug-likeness (QED) is 0.174. The van der Waals surface area contributed by atoms with Crippen molar-refractivity contribution in [2.45, 2.75) is 5.41 Å². The van der Waals surface area contributed by atoms with Gasteiger partial charge in [-0.15, -0.1) is 0 Å². The van der Waals surface area contributed by atoms with Crippen molar-refractivity contribution in [2.24, 2.45) is 0 Å². The smallest absolute Gasteiger partial charge is 0.235 e. The fourth-order valence-corrected chi connectivity index (χ4v) is 10.6. The second kappa shape index (κ2) is 13.8. The lowest BCUT2D eigenvalue weighted by molar-refractivity contribution is 0.436. The summed E-state index contributed by atoms with van der Waals surface area (Å²) in [5.41, 5.74) is 16.8. The first-order valence-corrected chi connectivity index (χ1v) is 21.5. The molecule has 0 amide bonds. The summed E-state index contributed by atoms with van der Waals surface area (Å²) < 4.78 is 9.02. The number of fused-ring (bicyclic) bond motifs is 13. The molecule has 0 saturated heterocycles. The molecule has 0 unspecified atom stereocenters. The molecule has 4 heteroatoms. The molecule has 0 bridgehead atoms. The van der Waals surface area contributed by atoms with E-state index in [-0.39, 0.29) is 0 Å². The molecule has 2 aromatic heterocycles. The highest BCUT2D eigenvalue weighted by atomic mass is 16.5. The maximum atomic E-state index is 6.69. The van der Waals surface area contributed by atoms with Crippen molar-refractivity contribution < 1.29 is 4.74 Å². The third-order valence-corrected chi connectivity index (χ3v) is 13.1. The number of rotatable bonds is 5. The van der Waals surface area contributed by atoms with Crippen molar-refractivity contribution in [2.75, 3.05) is 0 Å². The fourth-order valence-electron chi connectivity index (χ4n) is 10.6. The van der Waals surface area contributed by atoms with Crippen molar-refractivity contribution in [3.63, 3.8) is 0 Å². The molecule has 1 aliphatic heterocycles. The van der Waals surface area contributed by atoms with Gasteiger partial charge in [-0.1, -0.05) is 200 Å². The molecule has 0 saturated carbocycles. The number of nitrogens with zero attached hydrogens (tertiary/aromatic N) is 3. The van der Waals surface area contributed by atoms with Gasteiger partial charge >= 0.3 is 0 Å². The van der Waals surface area contributed by atoms with Crippen molar-refractivity contribution in [3.05, 3.63) is 247 Å². The molecule has 0 atom stereocenters. The highest BCUT2D eigenvalue weighted by Gasteiger charge is 2.51. The van der Waals surface area contributed by atoms with Gasteiger partial charge in [0.1, 0.15) is 11.5 Å². The molecule has 13 rings (SSSR count). The van der Waals surface area contributed by atoms with Gasteiger partial charge in [0.25, 0.3) is 0 Å². The van der Waals surface area contributed by atoms with Gasteiger partial charge < -0.3 is 4.74 Å². The van der Waals surface area contributed by atoms with E-state index in [1.165, 1.54) is 22.3 Å². The molecule has 11 aromatic rings. The van der Waals surface area contributed by atoms with E-state index in [4.69, 9.17) is 14.7 Å². The first-order chi connectivity index (χ1) is 31.3. The number of aromatic nitrogens is 3. The Hall–Kier alpha value is -8.34. The summed E-state index contributed by atoms with van der Waals surface area (Å²) in [6.07, 6.45) is 0. The summed E-state index contributed by atoms with van der Waals surface area (Å²) in [5.74, 6) is 2.35. The first kappa shape index (κ1) is 35.4. The fraction of sp³-hybridized carbons (Fsp3) is 0.0169. The highest BCUT2D eigenvalue weighted by molar-refractivity contribution is 6.16. The number of benzene rings is 9. The van der Waals surface area contributed by atoms with E-state index >= 15 is 0 Å². The third kappa shape index (κ3) is 5.16. The Kier molecular flexibility index (Phi) is 7.79. The molecular formula is C59H37N3O. The summed E-state index contributed by atoms with van der Waals surface area (Å²) in [5, 5.41) is 2.29. The number of hydrogen-bond acceptors (Lipinski definition) is 3. The van der Waals surface area contributed by atoms with Crippen LogP contribution in [0.15, 0.2) is 224 Å². The van der Waals surface area contributed by atoms with Crippen LogP contribution in [-0.2, 0) is 5.41 Å². The zero-order chi connectivity index (χ0) is 41.5. The second-order valence-corrected chi connectivity index (χ2v) is 16.4. The van der Waals surface area contributed by atoms with Gasteiger partial charge in [-0.05, 0) is 63.2 Å². The zero-order valence-electron chi connectivity index (χ0n) is 34.1. The van der Waals surface area contributed by atoms with E-state index in [9.17, 15) is 0 Å². The lowest BCUT2D eigenvalue weighted by Gasteiger charge is -2.39. The Labute approximate surface area is 365 Å². The van der Waals surface area contributed by atoms with Crippen molar-refractivity contribution >= 4 is 21.8 Å². The van der Waals surface area contributed by atoms with Crippen LogP contribution >= 0.6 is 0 Å². The molecule has 63 heavy (non-hydrogen) atoms. The van der Waals surface area contributed by atoms with Crippen LogP contribution < -0.4 is 4.74 Å². The van der Waals surface area contributed by atoms with Crippen LogP contribution in [0.25, 0.3) is 83.6 Å². The molecular weight excluding hydrogens is 767 g/mol. The minimum Gasteiger partial charge on any atom is -0.457 e. The maximum absolute atomic E-state index is 6.69. The predicted octanol–water partition coefficient (Wildman–Crippen LogP) is 14.7. The monoisotopic (exact) mass is 803 g/mol. The van der Waals surface area contributed by atoms with Gasteiger partial charge in [-0.3, -0.25) is 4.57 Å². The third-order valence-electron chi connectivity index (χ3n) is 13.1. The van der Waals surface area contributed by atoms with E-state index in [0.29, 0.717) is 5.95 Å². The second-order valence-electron chi connectivity index (χ2n) is 16.4. The minimum atomic E-state index is -0.621. The van der Waals surface area contributed by atoms with Gasteiger partial charge in [0, 0.05) is 38.6 Å². The Morgan fingerprint density at radius 3 is 1.44 bits per heavy atom. The summed E-state index contributed by atoms with van der Waals surface area (Å²) in [7, 11) is 0. The van der Waals surface area contributed by atoms with Crippen LogP contribution in [0.2, 0.25) is 0 Å². The van der Waals surface area contributed by atoms with E-state index in [2.05, 4.69) is 229 Å². The first-order valence-electron chi connectivity index (χ1n) is 21.5. The molecule has 1 aliphatic carbocycles. The SMILES string of the molecule is c1ccc(-c2ccccc2-c2cc(-c3ccccc3-c3ccccc3)nc(-n3c4ccccc4c4ccc5c(c43)-c3ccccc3C53c4ccccc4Oc4ccccc43)n2)cc1. The summed E-state index contributed by atoms with van der Waals surface area (Å²) in [4.78, 5) is 11.3. The zero-order valence-corrected chi connectivity index (χ0v) is 34.1. The topological polar surface area (TPSA) is 39.9 Å². The Bertz CT molecular complexity index is 3460. The standard InChI is InChI=1S/C59H37N3O/c1-3-19-38(20-4-1)40-23-7-9-25-42(40)51-37-52(43-26-10-8-24-41(43)39-21-5-2-6-22-39)61-58(60-51)62-53-32-16-12-27-44(53)45-35-36-50-56(57(45)62)46-28-11-13-29-47(46)59(50)48-30-14-17-33-54(48)63-55-34-18-15-31-49(55)59/h1-37H. The summed E-state index contributed by atoms with van der Waals surface area (Å²) in [6, 6.07) is 79.9. The minimum absolute atomic E-state index is 0.610. The molecule has 294 valence electrons. The average molecular weight is 804 g/mol. The van der Waals surface area contributed by atoms with E-state index < -0.39 is 5.41 Å². The Morgan fingerprint density at radius 2 is 0.841 bits per heavy atom. The Balaban J connectivity index is 1.17. The van der Waals surface area contributed by atoms with Gasteiger partial charge in [0.2, 0.25) is 5.95 Å². The Morgan fingerprint density at radius 1 is 0.365 bits per heavy atom. The van der Waals surface area contributed by atoms with Gasteiger partial charge in [-0.25, -0.2) is 9.97 Å².